The van der Waals surface area contributed by atoms with Gasteiger partial charge in [0.25, 0.3) is 0 Å². The Morgan fingerprint density at radius 1 is 1.19 bits per heavy atom. The van der Waals surface area contributed by atoms with Crippen LogP contribution in [0.1, 0.15) is 46.5 Å². The van der Waals surface area contributed by atoms with Gasteiger partial charge in [-0.2, -0.15) is 0 Å². The summed E-state index contributed by atoms with van der Waals surface area (Å²) < 4.78 is 5.11. The Morgan fingerprint density at radius 3 is 2.67 bits per heavy atom. The first kappa shape index (κ1) is 16.1. The number of carbonyl (C=O) groups excluding carboxylic acids is 2. The molecule has 0 saturated carbocycles. The number of amides is 2. The first-order valence-electron chi connectivity index (χ1n) is 7.85. The standard InChI is InChI=1S/C15H27N3O3/c1-15(2,3)21-14(20)16-10-13(19)17-11-7-9-18-8-5-4-6-12(11)18/h11-12H,4-10H2,1-3H3,(H,16,20)(H,17,19)/t11-,12+/m1/s1. The van der Waals surface area contributed by atoms with Gasteiger partial charge in [0.15, 0.2) is 0 Å². The second-order valence-electron chi connectivity index (χ2n) is 6.92. The third-order valence-corrected chi connectivity index (χ3v) is 3.99. The summed E-state index contributed by atoms with van der Waals surface area (Å²) in [6.07, 6.45) is 4.11. The Labute approximate surface area is 126 Å². The lowest BCUT2D eigenvalue weighted by Gasteiger charge is -2.32. The van der Waals surface area contributed by atoms with E-state index in [0.29, 0.717) is 6.04 Å². The molecule has 0 aromatic heterocycles. The highest BCUT2D eigenvalue weighted by Gasteiger charge is 2.36. The molecule has 2 amide bonds. The molecule has 2 saturated heterocycles. The van der Waals surface area contributed by atoms with E-state index < -0.39 is 11.7 Å². The maximum Gasteiger partial charge on any atom is 0.408 e. The number of piperidine rings is 1. The van der Waals surface area contributed by atoms with E-state index in [1.165, 1.54) is 12.8 Å². The van der Waals surface area contributed by atoms with E-state index in [4.69, 9.17) is 4.74 Å². The zero-order chi connectivity index (χ0) is 15.5. The minimum atomic E-state index is -0.552. The van der Waals surface area contributed by atoms with E-state index in [9.17, 15) is 9.59 Å². The number of nitrogens with one attached hydrogen (secondary N) is 2. The SMILES string of the molecule is CC(C)(C)OC(=O)NCC(=O)N[C@@H]1CCN2CCCC[C@@H]12. The summed E-state index contributed by atoms with van der Waals surface area (Å²) >= 11 is 0. The molecule has 0 bridgehead atoms. The lowest BCUT2D eigenvalue weighted by molar-refractivity contribution is -0.121. The Morgan fingerprint density at radius 2 is 1.95 bits per heavy atom. The van der Waals surface area contributed by atoms with Crippen molar-refractivity contribution < 1.29 is 14.3 Å². The monoisotopic (exact) mass is 297 g/mol. The first-order chi connectivity index (χ1) is 9.85. The number of alkyl carbamates (subject to hydrolysis) is 1. The molecule has 21 heavy (non-hydrogen) atoms. The van der Waals surface area contributed by atoms with Crippen LogP contribution < -0.4 is 10.6 Å². The Kier molecular flexibility index (Phi) is 5.08. The summed E-state index contributed by atoms with van der Waals surface area (Å²) in [5.41, 5.74) is -0.547. The van der Waals surface area contributed by atoms with Gasteiger partial charge in [0.2, 0.25) is 5.91 Å². The molecule has 2 atom stereocenters. The molecule has 0 aliphatic carbocycles. The number of fused-ring (bicyclic) bond motifs is 1. The Balaban J connectivity index is 1.71. The maximum atomic E-state index is 11.9. The minimum absolute atomic E-state index is 0.0296. The van der Waals surface area contributed by atoms with Gasteiger partial charge in [-0.1, -0.05) is 6.42 Å². The van der Waals surface area contributed by atoms with Crippen LogP contribution in [0.4, 0.5) is 4.79 Å². The third kappa shape index (κ3) is 4.88. The van der Waals surface area contributed by atoms with Gasteiger partial charge in [0, 0.05) is 18.6 Å². The second-order valence-corrected chi connectivity index (χ2v) is 6.92. The van der Waals surface area contributed by atoms with Crippen LogP contribution in [0.15, 0.2) is 0 Å². The molecule has 2 heterocycles. The molecular formula is C15H27N3O3. The highest BCUT2D eigenvalue weighted by atomic mass is 16.6. The second kappa shape index (κ2) is 6.64. The number of hydrogen-bond acceptors (Lipinski definition) is 4. The lowest BCUT2D eigenvalue weighted by Crippen LogP contribution is -2.49. The predicted octanol–water partition coefficient (Wildman–Crippen LogP) is 1.25. The largest absolute Gasteiger partial charge is 0.444 e. The van der Waals surface area contributed by atoms with Gasteiger partial charge in [-0.3, -0.25) is 9.69 Å². The predicted molar refractivity (Wildman–Crippen MR) is 80.0 cm³/mol. The molecule has 0 aromatic rings. The fourth-order valence-electron chi connectivity index (χ4n) is 3.14. The van der Waals surface area contributed by atoms with Gasteiger partial charge in [-0.15, -0.1) is 0 Å². The van der Waals surface area contributed by atoms with Gasteiger partial charge in [-0.25, -0.2) is 4.79 Å². The zero-order valence-electron chi connectivity index (χ0n) is 13.3. The van der Waals surface area contributed by atoms with Crippen molar-refractivity contribution in [3.63, 3.8) is 0 Å². The third-order valence-electron chi connectivity index (χ3n) is 3.99. The van der Waals surface area contributed by atoms with Crippen molar-refractivity contribution in [2.75, 3.05) is 19.6 Å². The van der Waals surface area contributed by atoms with Crippen molar-refractivity contribution in [3.05, 3.63) is 0 Å². The van der Waals surface area contributed by atoms with Crippen LogP contribution in [0.25, 0.3) is 0 Å². The molecule has 2 aliphatic rings. The maximum absolute atomic E-state index is 11.9. The highest BCUT2D eigenvalue weighted by Crippen LogP contribution is 2.26. The van der Waals surface area contributed by atoms with Crippen LogP contribution in [0.3, 0.4) is 0 Å². The summed E-state index contributed by atoms with van der Waals surface area (Å²) in [6, 6.07) is 0.697. The van der Waals surface area contributed by atoms with Gasteiger partial charge >= 0.3 is 6.09 Å². The van der Waals surface area contributed by atoms with Crippen LogP contribution in [0.2, 0.25) is 0 Å². The summed E-state index contributed by atoms with van der Waals surface area (Å²) in [7, 11) is 0. The molecule has 6 nitrogen and oxygen atoms in total. The van der Waals surface area contributed by atoms with Crippen LogP contribution in [-0.4, -0.2) is 54.2 Å². The van der Waals surface area contributed by atoms with Gasteiger partial charge in [0.1, 0.15) is 12.1 Å². The number of hydrogen-bond donors (Lipinski definition) is 2. The highest BCUT2D eigenvalue weighted by molar-refractivity contribution is 5.82. The molecule has 2 aliphatic heterocycles. The minimum Gasteiger partial charge on any atom is -0.444 e. The Hall–Kier alpha value is -1.30. The van der Waals surface area contributed by atoms with Crippen molar-refractivity contribution in [3.8, 4) is 0 Å². The fourth-order valence-corrected chi connectivity index (χ4v) is 3.14. The molecular weight excluding hydrogens is 270 g/mol. The quantitative estimate of drug-likeness (QED) is 0.822. The summed E-state index contributed by atoms with van der Waals surface area (Å²) in [5.74, 6) is -0.140. The molecule has 2 fully saturated rings. The number of ether oxygens (including phenoxy) is 1. The van der Waals surface area contributed by atoms with E-state index in [1.807, 2.05) is 0 Å². The van der Waals surface area contributed by atoms with Gasteiger partial charge in [-0.05, 0) is 46.6 Å². The van der Waals surface area contributed by atoms with E-state index in [-0.39, 0.29) is 18.5 Å². The number of rotatable bonds is 3. The fraction of sp³-hybridized carbons (Fsp3) is 0.867. The normalized spacial score (nSPS) is 26.0. The van der Waals surface area contributed by atoms with E-state index >= 15 is 0 Å². The van der Waals surface area contributed by atoms with Crippen molar-refractivity contribution >= 4 is 12.0 Å². The van der Waals surface area contributed by atoms with Crippen molar-refractivity contribution in [2.45, 2.75) is 64.1 Å². The summed E-state index contributed by atoms with van der Waals surface area (Å²) in [6.45, 7) is 7.56. The van der Waals surface area contributed by atoms with Crippen molar-refractivity contribution in [1.29, 1.82) is 0 Å². The first-order valence-corrected chi connectivity index (χ1v) is 7.85. The molecule has 2 N–H and O–H groups in total. The van der Waals surface area contributed by atoms with Crippen LogP contribution in [0.5, 0.6) is 0 Å². The molecule has 120 valence electrons. The average molecular weight is 297 g/mol. The number of nitrogens with zero attached hydrogens (tertiary/aromatic N) is 1. The average Bonchev–Trinajstić information content (AvgIpc) is 2.78. The van der Waals surface area contributed by atoms with E-state index in [0.717, 1.165) is 25.9 Å². The van der Waals surface area contributed by atoms with Gasteiger partial charge in [0.05, 0.1) is 0 Å². The van der Waals surface area contributed by atoms with Crippen molar-refractivity contribution in [2.24, 2.45) is 0 Å². The van der Waals surface area contributed by atoms with Gasteiger partial charge < -0.3 is 15.4 Å². The van der Waals surface area contributed by atoms with E-state index in [2.05, 4.69) is 15.5 Å². The summed E-state index contributed by atoms with van der Waals surface area (Å²) in [5, 5.41) is 5.54. The molecule has 2 rings (SSSR count). The molecule has 0 radical (unpaired) electrons. The zero-order valence-corrected chi connectivity index (χ0v) is 13.3. The summed E-state index contributed by atoms with van der Waals surface area (Å²) in [4.78, 5) is 25.9. The molecule has 6 heteroatoms. The lowest BCUT2D eigenvalue weighted by atomic mass is 9.99. The van der Waals surface area contributed by atoms with Crippen LogP contribution >= 0.6 is 0 Å². The molecule has 0 aromatic carbocycles. The molecule has 0 unspecified atom stereocenters. The van der Waals surface area contributed by atoms with Crippen LogP contribution in [-0.2, 0) is 9.53 Å². The van der Waals surface area contributed by atoms with E-state index in [1.54, 1.807) is 20.8 Å². The number of carbonyl (C=O) groups is 2. The topological polar surface area (TPSA) is 70.7 Å². The Bertz CT molecular complexity index is 392. The van der Waals surface area contributed by atoms with Crippen molar-refractivity contribution in [1.82, 2.24) is 15.5 Å². The molecule has 0 spiro atoms. The smallest absolute Gasteiger partial charge is 0.408 e. The van der Waals surface area contributed by atoms with Crippen LogP contribution in [0, 0.1) is 0 Å².